The Balaban J connectivity index is 1.63. The molecule has 0 bridgehead atoms. The van der Waals surface area contributed by atoms with E-state index in [1.165, 1.54) is 43.8 Å². The third-order valence-electron chi connectivity index (χ3n) is 7.83. The highest BCUT2D eigenvalue weighted by Gasteiger charge is 2.37. The zero-order valence-corrected chi connectivity index (χ0v) is 19.5. The Labute approximate surface area is 202 Å². The number of aromatic nitrogens is 2. The summed E-state index contributed by atoms with van der Waals surface area (Å²) in [5.41, 5.74) is 9.25. The molecule has 0 N–H and O–H groups in total. The Bertz CT molecular complexity index is 1950. The van der Waals surface area contributed by atoms with E-state index < -0.39 is 0 Å². The molecule has 7 aromatic rings. The second-order valence-electron chi connectivity index (χ2n) is 10.0. The zero-order chi connectivity index (χ0) is 23.3. The van der Waals surface area contributed by atoms with Crippen LogP contribution in [0.25, 0.3) is 60.8 Å². The Hall–Kier alpha value is -4.37. The molecule has 0 saturated heterocycles. The molecule has 0 fully saturated rings. The molecule has 1 aliphatic carbocycles. The molecule has 3 nitrogen and oxygen atoms in total. The lowest BCUT2D eigenvalue weighted by Crippen LogP contribution is -2.14. The van der Waals surface area contributed by atoms with Crippen LogP contribution >= 0.6 is 0 Å². The highest BCUT2D eigenvalue weighted by Crippen LogP contribution is 2.53. The van der Waals surface area contributed by atoms with Gasteiger partial charge in [0.05, 0.1) is 11.0 Å². The van der Waals surface area contributed by atoms with E-state index in [0.29, 0.717) is 6.01 Å². The van der Waals surface area contributed by atoms with E-state index in [1.54, 1.807) is 0 Å². The average molecular weight is 451 g/mol. The van der Waals surface area contributed by atoms with Crippen LogP contribution in [-0.2, 0) is 5.41 Å². The fraction of sp³-hybridized carbons (Fsp3) is 0.0938. The van der Waals surface area contributed by atoms with Crippen LogP contribution in [0.1, 0.15) is 25.0 Å². The third kappa shape index (κ3) is 2.33. The molecule has 2 aromatic heterocycles. The van der Waals surface area contributed by atoms with Crippen LogP contribution in [0.4, 0.5) is 0 Å². The van der Waals surface area contributed by atoms with Crippen molar-refractivity contribution in [2.45, 2.75) is 19.3 Å². The topological polar surface area (TPSA) is 31.0 Å². The number of rotatable bonds is 1. The molecule has 0 amide bonds. The van der Waals surface area contributed by atoms with Crippen molar-refractivity contribution in [3.63, 3.8) is 0 Å². The molecule has 5 aromatic carbocycles. The fourth-order valence-corrected chi connectivity index (χ4v) is 6.21. The van der Waals surface area contributed by atoms with Crippen LogP contribution in [0.15, 0.2) is 101 Å². The molecule has 35 heavy (non-hydrogen) atoms. The maximum Gasteiger partial charge on any atom is 0.307 e. The smallest absolute Gasteiger partial charge is 0.307 e. The number of fused-ring (bicyclic) bond motifs is 10. The van der Waals surface area contributed by atoms with Crippen molar-refractivity contribution in [3.05, 3.63) is 108 Å². The van der Waals surface area contributed by atoms with Gasteiger partial charge in [-0.25, -0.2) is 0 Å². The second-order valence-corrected chi connectivity index (χ2v) is 10.0. The number of hydrogen-bond acceptors (Lipinski definition) is 2. The highest BCUT2D eigenvalue weighted by atomic mass is 16.4. The highest BCUT2D eigenvalue weighted by molar-refractivity contribution is 6.23. The minimum absolute atomic E-state index is 0.0588. The summed E-state index contributed by atoms with van der Waals surface area (Å²) in [6, 6.07) is 35.1. The summed E-state index contributed by atoms with van der Waals surface area (Å²) in [5.74, 6) is 0. The molecule has 0 saturated carbocycles. The van der Waals surface area contributed by atoms with E-state index in [4.69, 9.17) is 9.40 Å². The van der Waals surface area contributed by atoms with Crippen LogP contribution in [0.5, 0.6) is 0 Å². The molecule has 0 unspecified atom stereocenters. The monoisotopic (exact) mass is 450 g/mol. The van der Waals surface area contributed by atoms with Gasteiger partial charge in [0.15, 0.2) is 5.58 Å². The van der Waals surface area contributed by atoms with Crippen molar-refractivity contribution >= 4 is 43.7 Å². The van der Waals surface area contributed by atoms with Gasteiger partial charge in [-0.3, -0.25) is 4.57 Å². The average Bonchev–Trinajstić information content (AvgIpc) is 3.53. The summed E-state index contributed by atoms with van der Waals surface area (Å²) < 4.78 is 8.58. The van der Waals surface area contributed by atoms with E-state index >= 15 is 0 Å². The Kier molecular flexibility index (Phi) is 3.47. The van der Waals surface area contributed by atoms with Gasteiger partial charge < -0.3 is 4.42 Å². The largest absolute Gasteiger partial charge is 0.423 e. The normalized spacial score (nSPS) is 14.2. The third-order valence-corrected chi connectivity index (χ3v) is 7.83. The molecule has 0 aliphatic heterocycles. The number of para-hydroxylation sites is 3. The van der Waals surface area contributed by atoms with Crippen molar-refractivity contribution in [2.75, 3.05) is 0 Å². The summed E-state index contributed by atoms with van der Waals surface area (Å²) in [5, 5.41) is 4.90. The van der Waals surface area contributed by atoms with Gasteiger partial charge in [-0.1, -0.05) is 92.7 Å². The summed E-state index contributed by atoms with van der Waals surface area (Å²) in [6.45, 7) is 4.67. The van der Waals surface area contributed by atoms with Crippen LogP contribution in [0.3, 0.4) is 0 Å². The number of oxazole rings is 1. The first-order valence-electron chi connectivity index (χ1n) is 12.1. The van der Waals surface area contributed by atoms with E-state index in [1.807, 2.05) is 24.3 Å². The number of hydrogen-bond donors (Lipinski definition) is 0. The van der Waals surface area contributed by atoms with E-state index in [2.05, 4.69) is 91.2 Å². The summed E-state index contributed by atoms with van der Waals surface area (Å²) in [4.78, 5) is 4.93. The second kappa shape index (κ2) is 6.39. The quantitative estimate of drug-likeness (QED) is 0.251. The van der Waals surface area contributed by atoms with Gasteiger partial charge in [-0.2, -0.15) is 4.98 Å². The molecular formula is C32H22N2O. The van der Waals surface area contributed by atoms with Gasteiger partial charge in [0.2, 0.25) is 0 Å². The van der Waals surface area contributed by atoms with Crippen LogP contribution in [-0.4, -0.2) is 9.55 Å². The lowest BCUT2D eigenvalue weighted by atomic mass is 9.82. The first-order valence-corrected chi connectivity index (χ1v) is 12.1. The maximum absolute atomic E-state index is 6.36. The Morgan fingerprint density at radius 3 is 2.40 bits per heavy atom. The van der Waals surface area contributed by atoms with E-state index in [0.717, 1.165) is 22.1 Å². The van der Waals surface area contributed by atoms with Crippen molar-refractivity contribution in [1.82, 2.24) is 9.55 Å². The zero-order valence-electron chi connectivity index (χ0n) is 19.5. The lowest BCUT2D eigenvalue weighted by Gasteiger charge is -2.21. The van der Waals surface area contributed by atoms with Gasteiger partial charge in [-0.05, 0) is 45.8 Å². The molecular weight excluding hydrogens is 428 g/mol. The summed E-state index contributed by atoms with van der Waals surface area (Å²) in [6.07, 6.45) is 0. The fourth-order valence-electron chi connectivity index (χ4n) is 6.21. The molecule has 0 atom stereocenters. The maximum atomic E-state index is 6.36. The SMILES string of the molecule is CC1(C)c2ccccc2-c2c1ccc1ccc3c4ccccc4n(-c4nc5ccccc5o4)c3c21. The molecule has 8 rings (SSSR count). The van der Waals surface area contributed by atoms with Crippen molar-refractivity contribution < 1.29 is 4.42 Å². The molecule has 3 heteroatoms. The molecule has 0 radical (unpaired) electrons. The van der Waals surface area contributed by atoms with Gasteiger partial charge in [0, 0.05) is 21.6 Å². The number of nitrogens with zero attached hydrogens (tertiary/aromatic N) is 2. The summed E-state index contributed by atoms with van der Waals surface area (Å²) >= 11 is 0. The van der Waals surface area contributed by atoms with Crippen molar-refractivity contribution in [1.29, 1.82) is 0 Å². The molecule has 166 valence electrons. The van der Waals surface area contributed by atoms with Crippen LogP contribution in [0, 0.1) is 0 Å². The van der Waals surface area contributed by atoms with Crippen molar-refractivity contribution in [2.24, 2.45) is 0 Å². The minimum atomic E-state index is -0.0588. The first-order chi connectivity index (χ1) is 17.1. The molecule has 0 spiro atoms. The van der Waals surface area contributed by atoms with E-state index in [9.17, 15) is 0 Å². The van der Waals surface area contributed by atoms with Crippen LogP contribution in [0.2, 0.25) is 0 Å². The van der Waals surface area contributed by atoms with Gasteiger partial charge in [0.25, 0.3) is 0 Å². The minimum Gasteiger partial charge on any atom is -0.423 e. The standard InChI is InChI=1S/C32H22N2O/c1-32(2)23-11-5-3-10-22(23)29-24(32)18-16-19-15-17-21-20-9-4-7-13-26(20)34(30(21)28(19)29)31-33-25-12-6-8-14-27(25)35-31/h3-18H,1-2H3. The van der Waals surface area contributed by atoms with Gasteiger partial charge >= 0.3 is 6.01 Å². The molecule has 2 heterocycles. The van der Waals surface area contributed by atoms with Gasteiger partial charge in [0.1, 0.15) is 5.52 Å². The van der Waals surface area contributed by atoms with E-state index in [-0.39, 0.29) is 5.41 Å². The Morgan fingerprint density at radius 2 is 1.49 bits per heavy atom. The Morgan fingerprint density at radius 1 is 0.714 bits per heavy atom. The number of benzene rings is 5. The van der Waals surface area contributed by atoms with Crippen molar-refractivity contribution in [3.8, 4) is 17.1 Å². The van der Waals surface area contributed by atoms with Gasteiger partial charge in [-0.15, -0.1) is 0 Å². The van der Waals surface area contributed by atoms with Crippen LogP contribution < -0.4 is 0 Å². The predicted octanol–water partition coefficient (Wildman–Crippen LogP) is 8.38. The molecule has 1 aliphatic rings. The summed E-state index contributed by atoms with van der Waals surface area (Å²) in [7, 11) is 0. The lowest BCUT2D eigenvalue weighted by molar-refractivity contribution is 0.574. The first kappa shape index (κ1) is 19.0. The predicted molar refractivity (Wildman–Crippen MR) is 143 cm³/mol.